The van der Waals surface area contributed by atoms with Crippen molar-refractivity contribution in [3.8, 4) is 0 Å². The Morgan fingerprint density at radius 2 is 2.28 bits per heavy atom. The number of anilines is 1. The van der Waals surface area contributed by atoms with Crippen LogP contribution in [0.1, 0.15) is 25.0 Å². The first-order valence-electron chi connectivity index (χ1n) is 5.77. The van der Waals surface area contributed by atoms with Gasteiger partial charge in [0.2, 0.25) is 5.91 Å². The largest absolute Gasteiger partial charge is 0.481 e. The van der Waals surface area contributed by atoms with Gasteiger partial charge >= 0.3 is 5.97 Å². The van der Waals surface area contributed by atoms with E-state index in [0.717, 1.165) is 12.8 Å². The average molecular weight is 269 g/mol. The van der Waals surface area contributed by atoms with Crippen LogP contribution >= 0.6 is 11.3 Å². The molecule has 0 saturated heterocycles. The van der Waals surface area contributed by atoms with E-state index in [0.29, 0.717) is 10.8 Å². The van der Waals surface area contributed by atoms with Crippen LogP contribution in [0.25, 0.3) is 0 Å². The van der Waals surface area contributed by atoms with Gasteiger partial charge in [-0.15, -0.1) is 11.3 Å². The summed E-state index contributed by atoms with van der Waals surface area (Å²) in [6.07, 6.45) is 2.11. The summed E-state index contributed by atoms with van der Waals surface area (Å²) in [6.45, 7) is 0.276. The van der Waals surface area contributed by atoms with Crippen molar-refractivity contribution in [2.45, 2.75) is 31.7 Å². The van der Waals surface area contributed by atoms with Gasteiger partial charge in [0.05, 0.1) is 18.5 Å². The summed E-state index contributed by atoms with van der Waals surface area (Å²) in [6, 6.07) is 0.216. The Morgan fingerprint density at radius 3 is 2.78 bits per heavy atom. The number of hydrogen-bond donors (Lipinski definition) is 2. The maximum atomic E-state index is 12.1. The zero-order valence-corrected chi connectivity index (χ0v) is 10.7. The second kappa shape index (κ2) is 5.34. The third kappa shape index (κ3) is 3.43. The van der Waals surface area contributed by atoms with E-state index in [1.807, 2.05) is 0 Å². The predicted octanol–water partition coefficient (Wildman–Crippen LogP) is 0.734. The molecular weight excluding hydrogens is 254 g/mol. The monoisotopic (exact) mass is 269 g/mol. The smallest absolute Gasteiger partial charge is 0.305 e. The first kappa shape index (κ1) is 12.8. The predicted molar refractivity (Wildman–Crippen MR) is 67.2 cm³/mol. The summed E-state index contributed by atoms with van der Waals surface area (Å²) in [5.74, 6) is -0.949. The number of nitrogen functional groups attached to an aromatic ring is 1. The molecule has 0 aliphatic heterocycles. The number of aromatic nitrogens is 1. The summed E-state index contributed by atoms with van der Waals surface area (Å²) >= 11 is 1.30. The third-order valence-corrected chi connectivity index (χ3v) is 3.50. The first-order valence-corrected chi connectivity index (χ1v) is 6.65. The topological polar surface area (TPSA) is 96.5 Å². The van der Waals surface area contributed by atoms with E-state index in [1.54, 1.807) is 10.3 Å². The van der Waals surface area contributed by atoms with E-state index in [9.17, 15) is 9.59 Å². The Balaban J connectivity index is 1.93. The highest BCUT2D eigenvalue weighted by Crippen LogP contribution is 2.27. The standard InChI is InChI=1S/C11H15N3O3S/c12-11-13-7(6-18-11)5-9(15)14(8-1-2-8)4-3-10(16)17/h6,8H,1-5H2,(H2,12,13)(H,16,17). The molecule has 3 N–H and O–H groups in total. The first-order chi connectivity index (χ1) is 8.56. The fourth-order valence-electron chi connectivity index (χ4n) is 1.77. The van der Waals surface area contributed by atoms with Gasteiger partial charge in [0.25, 0.3) is 0 Å². The number of carbonyl (C=O) groups is 2. The number of nitrogens with two attached hydrogens (primary N) is 1. The molecule has 1 amide bonds. The molecule has 1 fully saturated rings. The molecular formula is C11H15N3O3S. The van der Waals surface area contributed by atoms with Crippen LogP contribution in [0.4, 0.5) is 5.13 Å². The molecule has 6 nitrogen and oxygen atoms in total. The molecule has 0 aromatic carbocycles. The average Bonchev–Trinajstić information content (AvgIpc) is 3.03. The highest BCUT2D eigenvalue weighted by molar-refractivity contribution is 7.13. The van der Waals surface area contributed by atoms with Crippen LogP contribution in [0, 0.1) is 0 Å². The molecule has 1 aliphatic carbocycles. The Bertz CT molecular complexity index is 456. The van der Waals surface area contributed by atoms with Gasteiger partial charge in [-0.2, -0.15) is 0 Å². The number of rotatable bonds is 6. The van der Waals surface area contributed by atoms with Crippen molar-refractivity contribution in [2.24, 2.45) is 0 Å². The number of carboxylic acid groups (broad SMARTS) is 1. The summed E-state index contributed by atoms with van der Waals surface area (Å²) < 4.78 is 0. The Hall–Kier alpha value is -1.63. The van der Waals surface area contributed by atoms with E-state index in [-0.39, 0.29) is 31.3 Å². The van der Waals surface area contributed by atoms with Gasteiger partial charge in [-0.3, -0.25) is 9.59 Å². The Labute approximate surface area is 108 Å². The van der Waals surface area contributed by atoms with E-state index in [4.69, 9.17) is 10.8 Å². The highest BCUT2D eigenvalue weighted by Gasteiger charge is 2.32. The molecule has 1 saturated carbocycles. The number of nitrogens with zero attached hydrogens (tertiary/aromatic N) is 2. The highest BCUT2D eigenvalue weighted by atomic mass is 32.1. The molecule has 0 radical (unpaired) electrons. The summed E-state index contributed by atoms with van der Waals surface area (Å²) in [5, 5.41) is 10.9. The molecule has 0 unspecified atom stereocenters. The van der Waals surface area contributed by atoms with E-state index >= 15 is 0 Å². The van der Waals surface area contributed by atoms with Crippen LogP contribution in [0.5, 0.6) is 0 Å². The Kier molecular flexibility index (Phi) is 3.81. The van der Waals surface area contributed by atoms with Gasteiger partial charge in [-0.05, 0) is 12.8 Å². The molecule has 0 spiro atoms. The lowest BCUT2D eigenvalue weighted by atomic mass is 10.2. The molecule has 1 aromatic heterocycles. The molecule has 98 valence electrons. The van der Waals surface area contributed by atoms with Crippen molar-refractivity contribution >= 4 is 28.3 Å². The molecule has 18 heavy (non-hydrogen) atoms. The van der Waals surface area contributed by atoms with Gasteiger partial charge in [0.1, 0.15) is 0 Å². The molecule has 1 aromatic rings. The van der Waals surface area contributed by atoms with Crippen LogP contribution in [0.3, 0.4) is 0 Å². The van der Waals surface area contributed by atoms with Crippen molar-refractivity contribution in [2.75, 3.05) is 12.3 Å². The minimum Gasteiger partial charge on any atom is -0.481 e. The molecule has 1 aliphatic rings. The minimum atomic E-state index is -0.883. The van der Waals surface area contributed by atoms with Gasteiger partial charge in [0.15, 0.2) is 5.13 Å². The lowest BCUT2D eigenvalue weighted by Crippen LogP contribution is -2.36. The molecule has 0 atom stereocenters. The van der Waals surface area contributed by atoms with Crippen molar-refractivity contribution < 1.29 is 14.7 Å². The van der Waals surface area contributed by atoms with Crippen LogP contribution in [0.2, 0.25) is 0 Å². The van der Waals surface area contributed by atoms with Crippen LogP contribution in [0.15, 0.2) is 5.38 Å². The quantitative estimate of drug-likeness (QED) is 0.793. The minimum absolute atomic E-state index is 0.0125. The number of hydrogen-bond acceptors (Lipinski definition) is 5. The molecule has 1 heterocycles. The number of aliphatic carboxylic acids is 1. The molecule has 0 bridgehead atoms. The number of carbonyl (C=O) groups excluding carboxylic acids is 1. The summed E-state index contributed by atoms with van der Waals surface area (Å²) in [5.41, 5.74) is 6.16. The SMILES string of the molecule is Nc1nc(CC(=O)N(CCC(=O)O)C2CC2)cs1. The number of amides is 1. The fourth-order valence-corrected chi connectivity index (χ4v) is 2.34. The van der Waals surface area contributed by atoms with Crippen LogP contribution in [-0.4, -0.2) is 39.5 Å². The molecule has 2 rings (SSSR count). The van der Waals surface area contributed by atoms with Gasteiger partial charge in [0, 0.05) is 18.0 Å². The summed E-state index contributed by atoms with van der Waals surface area (Å²) in [7, 11) is 0. The second-order valence-electron chi connectivity index (χ2n) is 4.32. The van der Waals surface area contributed by atoms with Crippen molar-refractivity contribution in [1.29, 1.82) is 0 Å². The lowest BCUT2D eigenvalue weighted by molar-refractivity contribution is -0.138. The second-order valence-corrected chi connectivity index (χ2v) is 5.21. The van der Waals surface area contributed by atoms with E-state index in [2.05, 4.69) is 4.98 Å². The Morgan fingerprint density at radius 1 is 1.56 bits per heavy atom. The van der Waals surface area contributed by atoms with Crippen molar-refractivity contribution in [3.63, 3.8) is 0 Å². The van der Waals surface area contributed by atoms with Gasteiger partial charge in [-0.1, -0.05) is 0 Å². The van der Waals surface area contributed by atoms with E-state index in [1.165, 1.54) is 11.3 Å². The summed E-state index contributed by atoms with van der Waals surface area (Å²) in [4.78, 5) is 28.3. The van der Waals surface area contributed by atoms with E-state index < -0.39 is 5.97 Å². The van der Waals surface area contributed by atoms with Crippen LogP contribution in [-0.2, 0) is 16.0 Å². The lowest BCUT2D eigenvalue weighted by Gasteiger charge is -2.21. The van der Waals surface area contributed by atoms with Crippen molar-refractivity contribution in [1.82, 2.24) is 9.88 Å². The zero-order valence-electron chi connectivity index (χ0n) is 9.83. The van der Waals surface area contributed by atoms with Crippen LogP contribution < -0.4 is 5.73 Å². The van der Waals surface area contributed by atoms with Gasteiger partial charge < -0.3 is 15.7 Å². The maximum Gasteiger partial charge on any atom is 0.305 e. The van der Waals surface area contributed by atoms with Crippen molar-refractivity contribution in [3.05, 3.63) is 11.1 Å². The van der Waals surface area contributed by atoms with Gasteiger partial charge in [-0.25, -0.2) is 4.98 Å². The fraction of sp³-hybridized carbons (Fsp3) is 0.545. The zero-order chi connectivity index (χ0) is 13.1. The number of thiazole rings is 1. The normalized spacial score (nSPS) is 14.4. The third-order valence-electron chi connectivity index (χ3n) is 2.78. The molecule has 7 heteroatoms. The maximum absolute atomic E-state index is 12.1. The number of carboxylic acids is 1.